The van der Waals surface area contributed by atoms with E-state index < -0.39 is 6.04 Å². The number of carbonyl (C=O) groups is 2. The molecule has 2 aromatic rings. The highest BCUT2D eigenvalue weighted by molar-refractivity contribution is 7.12. The molecule has 7 heteroatoms. The van der Waals surface area contributed by atoms with Crippen molar-refractivity contribution in [3.05, 3.63) is 46.3 Å². The first-order chi connectivity index (χ1) is 13.6. The number of anilines is 1. The Morgan fingerprint density at radius 3 is 2.71 bits per heavy atom. The number of carbonyl (C=O) groups excluding carboxylic acids is 2. The lowest BCUT2D eigenvalue weighted by Crippen LogP contribution is -2.51. The van der Waals surface area contributed by atoms with Crippen LogP contribution in [0.4, 0.5) is 5.82 Å². The van der Waals surface area contributed by atoms with Crippen molar-refractivity contribution in [2.75, 3.05) is 24.5 Å². The Labute approximate surface area is 170 Å². The van der Waals surface area contributed by atoms with E-state index in [4.69, 9.17) is 0 Å². The van der Waals surface area contributed by atoms with Crippen LogP contribution >= 0.6 is 11.3 Å². The molecule has 1 aliphatic rings. The molecule has 3 rings (SSSR count). The normalized spacial score (nSPS) is 16.6. The van der Waals surface area contributed by atoms with Crippen LogP contribution in [0, 0.1) is 0 Å². The fraction of sp³-hybridized carbons (Fsp3) is 0.476. The third-order valence-electron chi connectivity index (χ3n) is 5.16. The van der Waals surface area contributed by atoms with Crippen LogP contribution in [-0.2, 0) is 11.3 Å². The molecule has 28 heavy (non-hydrogen) atoms. The van der Waals surface area contributed by atoms with E-state index in [1.165, 1.54) is 11.3 Å². The van der Waals surface area contributed by atoms with Gasteiger partial charge in [0.1, 0.15) is 11.9 Å². The van der Waals surface area contributed by atoms with Crippen molar-refractivity contribution in [1.29, 1.82) is 0 Å². The van der Waals surface area contributed by atoms with Crippen molar-refractivity contribution in [3.8, 4) is 0 Å². The van der Waals surface area contributed by atoms with Crippen molar-refractivity contribution < 1.29 is 9.59 Å². The molecule has 1 fully saturated rings. The number of likely N-dealkylation sites (tertiary alicyclic amines) is 1. The third kappa shape index (κ3) is 4.70. The van der Waals surface area contributed by atoms with Crippen LogP contribution in [-0.4, -0.2) is 47.4 Å². The number of hydrogen-bond donors (Lipinski definition) is 1. The van der Waals surface area contributed by atoms with Gasteiger partial charge in [0, 0.05) is 32.4 Å². The number of piperidine rings is 1. The number of aromatic nitrogens is 1. The van der Waals surface area contributed by atoms with Crippen molar-refractivity contribution in [2.24, 2.45) is 0 Å². The highest BCUT2D eigenvalue weighted by Gasteiger charge is 2.32. The van der Waals surface area contributed by atoms with Crippen LogP contribution in [0.2, 0.25) is 0 Å². The predicted molar refractivity (Wildman–Crippen MR) is 113 cm³/mol. The molecule has 0 bridgehead atoms. The zero-order valence-corrected chi connectivity index (χ0v) is 17.4. The lowest BCUT2D eigenvalue weighted by molar-refractivity contribution is -0.126. The number of rotatable bonds is 7. The average Bonchev–Trinajstić information content (AvgIpc) is 3.28. The fourth-order valence-electron chi connectivity index (χ4n) is 3.55. The lowest BCUT2D eigenvalue weighted by atomic mass is 10.0. The molecular weight excluding hydrogens is 372 g/mol. The van der Waals surface area contributed by atoms with Crippen molar-refractivity contribution >= 4 is 29.0 Å². The number of nitrogens with zero attached hydrogens (tertiary/aromatic N) is 3. The minimum Gasteiger partial charge on any atom is -0.357 e. The summed E-state index contributed by atoms with van der Waals surface area (Å²) < 4.78 is 0. The van der Waals surface area contributed by atoms with Gasteiger partial charge < -0.3 is 15.1 Å². The Bertz CT molecular complexity index is 772. The van der Waals surface area contributed by atoms with E-state index in [0.29, 0.717) is 24.4 Å². The Kier molecular flexibility index (Phi) is 7.03. The maximum absolute atomic E-state index is 12.8. The zero-order chi connectivity index (χ0) is 19.9. The van der Waals surface area contributed by atoms with Gasteiger partial charge in [0.05, 0.1) is 4.88 Å². The van der Waals surface area contributed by atoms with Crippen LogP contribution in [0.15, 0.2) is 35.8 Å². The Morgan fingerprint density at radius 2 is 2.07 bits per heavy atom. The maximum Gasteiger partial charge on any atom is 0.264 e. The van der Waals surface area contributed by atoms with Gasteiger partial charge in [0.25, 0.3) is 5.91 Å². The second-order valence-electron chi connectivity index (χ2n) is 6.90. The number of nitrogens with one attached hydrogen (secondary N) is 1. The summed E-state index contributed by atoms with van der Waals surface area (Å²) in [7, 11) is 0. The predicted octanol–water partition coefficient (Wildman–Crippen LogP) is 3.30. The molecule has 150 valence electrons. The Morgan fingerprint density at radius 1 is 1.25 bits per heavy atom. The van der Waals surface area contributed by atoms with E-state index in [2.05, 4.69) is 29.0 Å². The summed E-state index contributed by atoms with van der Waals surface area (Å²) >= 11 is 1.42. The van der Waals surface area contributed by atoms with E-state index in [9.17, 15) is 9.59 Å². The number of thiophene rings is 1. The molecule has 0 saturated carbocycles. The molecule has 3 heterocycles. The van der Waals surface area contributed by atoms with Gasteiger partial charge in [-0.3, -0.25) is 9.59 Å². The van der Waals surface area contributed by atoms with E-state index in [-0.39, 0.29) is 11.8 Å². The topological polar surface area (TPSA) is 65.5 Å². The van der Waals surface area contributed by atoms with E-state index in [1.807, 2.05) is 35.8 Å². The largest absolute Gasteiger partial charge is 0.357 e. The number of pyridine rings is 1. The maximum atomic E-state index is 12.8. The molecule has 1 saturated heterocycles. The number of hydrogen-bond acceptors (Lipinski definition) is 5. The minimum atomic E-state index is -0.397. The summed E-state index contributed by atoms with van der Waals surface area (Å²) in [6.07, 6.45) is 4.43. The summed E-state index contributed by atoms with van der Waals surface area (Å²) in [4.78, 5) is 34.6. The van der Waals surface area contributed by atoms with Crippen molar-refractivity contribution in [3.63, 3.8) is 0 Å². The Hall–Kier alpha value is -2.41. The highest BCUT2D eigenvalue weighted by atomic mass is 32.1. The summed E-state index contributed by atoms with van der Waals surface area (Å²) in [6.45, 7) is 7.08. The SMILES string of the molecule is CCN(CC)c1ccc(CNC(=O)C2CCCCN2C(=O)c2cccs2)cn1. The van der Waals surface area contributed by atoms with Gasteiger partial charge in [-0.05, 0) is 56.2 Å². The van der Waals surface area contributed by atoms with Crippen LogP contribution in [0.25, 0.3) is 0 Å². The minimum absolute atomic E-state index is 0.0416. The third-order valence-corrected chi connectivity index (χ3v) is 6.02. The number of amides is 2. The molecule has 1 aliphatic heterocycles. The average molecular weight is 401 g/mol. The fourth-order valence-corrected chi connectivity index (χ4v) is 4.23. The standard InChI is InChI=1S/C21H28N4O2S/c1-3-24(4-2)19-11-10-16(14-22-19)15-23-20(26)17-8-5-6-12-25(17)21(27)18-9-7-13-28-18/h7,9-11,13-14,17H,3-6,8,12,15H2,1-2H3,(H,23,26). The Balaban J connectivity index is 1.60. The lowest BCUT2D eigenvalue weighted by Gasteiger charge is -2.34. The molecule has 0 aromatic carbocycles. The second-order valence-corrected chi connectivity index (χ2v) is 7.85. The van der Waals surface area contributed by atoms with Gasteiger partial charge in [-0.25, -0.2) is 4.98 Å². The van der Waals surface area contributed by atoms with E-state index in [1.54, 1.807) is 4.90 Å². The molecule has 1 N–H and O–H groups in total. The first kappa shape index (κ1) is 20.3. The van der Waals surface area contributed by atoms with Crippen molar-refractivity contribution in [2.45, 2.75) is 45.7 Å². The van der Waals surface area contributed by atoms with Gasteiger partial charge in [-0.15, -0.1) is 11.3 Å². The highest BCUT2D eigenvalue weighted by Crippen LogP contribution is 2.22. The van der Waals surface area contributed by atoms with Gasteiger partial charge >= 0.3 is 0 Å². The molecule has 2 aromatic heterocycles. The van der Waals surface area contributed by atoms with Gasteiger partial charge in [-0.2, -0.15) is 0 Å². The summed E-state index contributed by atoms with van der Waals surface area (Å²) in [5.74, 6) is 0.817. The monoisotopic (exact) mass is 400 g/mol. The molecule has 0 aliphatic carbocycles. The van der Waals surface area contributed by atoms with Crippen LogP contribution in [0.3, 0.4) is 0 Å². The summed E-state index contributed by atoms with van der Waals surface area (Å²) in [6, 6.07) is 7.27. The molecule has 0 radical (unpaired) electrons. The smallest absolute Gasteiger partial charge is 0.264 e. The summed E-state index contributed by atoms with van der Waals surface area (Å²) in [5, 5.41) is 4.88. The molecule has 6 nitrogen and oxygen atoms in total. The van der Waals surface area contributed by atoms with Gasteiger partial charge in [0.2, 0.25) is 5.91 Å². The first-order valence-electron chi connectivity index (χ1n) is 9.96. The molecule has 1 unspecified atom stereocenters. The quantitative estimate of drug-likeness (QED) is 0.774. The zero-order valence-electron chi connectivity index (χ0n) is 16.6. The molecule has 0 spiro atoms. The van der Waals surface area contributed by atoms with E-state index in [0.717, 1.165) is 37.3 Å². The van der Waals surface area contributed by atoms with E-state index >= 15 is 0 Å². The van der Waals surface area contributed by atoms with Crippen molar-refractivity contribution in [1.82, 2.24) is 15.2 Å². The molecule has 1 atom stereocenters. The second kappa shape index (κ2) is 9.68. The van der Waals surface area contributed by atoms with Crippen LogP contribution < -0.4 is 10.2 Å². The van der Waals surface area contributed by atoms with Gasteiger partial charge in [-0.1, -0.05) is 12.1 Å². The van der Waals surface area contributed by atoms with Gasteiger partial charge in [0.15, 0.2) is 0 Å². The van der Waals surface area contributed by atoms with Crippen LogP contribution in [0.5, 0.6) is 0 Å². The van der Waals surface area contributed by atoms with Crippen LogP contribution in [0.1, 0.15) is 48.3 Å². The molecular formula is C21H28N4O2S. The molecule has 2 amide bonds. The summed E-state index contributed by atoms with van der Waals surface area (Å²) in [5.41, 5.74) is 0.955. The first-order valence-corrected chi connectivity index (χ1v) is 10.8.